The normalized spacial score (nSPS) is 10.8. The van der Waals surface area contributed by atoms with Crippen molar-refractivity contribution in [3.05, 3.63) is 60.8 Å². The summed E-state index contributed by atoms with van der Waals surface area (Å²) in [5, 5.41) is 4.49. The molecule has 0 aliphatic carbocycles. The van der Waals surface area contributed by atoms with E-state index < -0.39 is 0 Å². The fourth-order valence-electron chi connectivity index (χ4n) is 2.52. The van der Waals surface area contributed by atoms with E-state index in [9.17, 15) is 0 Å². The number of fused-ring (bicyclic) bond motifs is 1. The summed E-state index contributed by atoms with van der Waals surface area (Å²) in [5.74, 6) is 0. The highest BCUT2D eigenvalue weighted by molar-refractivity contribution is 5.94. The number of aromatic nitrogens is 1. The molecule has 0 atom stereocenters. The average molecular weight is 265 g/mol. The fraction of sp³-hybridized carbons (Fsp3) is 0.176. The summed E-state index contributed by atoms with van der Waals surface area (Å²) >= 11 is 0. The Morgan fingerprint density at radius 2 is 1.85 bits per heavy atom. The Bertz CT molecular complexity index is 673. The van der Waals surface area contributed by atoms with Gasteiger partial charge in [-0.1, -0.05) is 24.3 Å². The molecule has 3 aromatic rings. The number of benzene rings is 2. The van der Waals surface area contributed by atoms with Crippen LogP contribution in [0.2, 0.25) is 0 Å². The van der Waals surface area contributed by atoms with E-state index in [4.69, 9.17) is 0 Å². The van der Waals surface area contributed by atoms with Gasteiger partial charge in [0, 0.05) is 35.9 Å². The largest absolute Gasteiger partial charge is 0.361 e. The minimum atomic E-state index is 0.935. The Morgan fingerprint density at radius 3 is 2.65 bits per heavy atom. The lowest BCUT2D eigenvalue weighted by Crippen LogP contribution is -2.26. The van der Waals surface area contributed by atoms with Crippen LogP contribution in [0.5, 0.6) is 0 Å². The second-order valence-corrected chi connectivity index (χ2v) is 4.81. The number of likely N-dealkylation sites (N-methyl/N-ethyl adjacent to an activating group) is 1. The molecule has 0 aliphatic rings. The minimum absolute atomic E-state index is 0.935. The molecule has 3 rings (SSSR count). The number of nitrogens with one attached hydrogen (secondary N) is 2. The van der Waals surface area contributed by atoms with Gasteiger partial charge in [-0.15, -0.1) is 0 Å². The highest BCUT2D eigenvalue weighted by Crippen LogP contribution is 2.31. The molecule has 0 fully saturated rings. The number of hydrogen-bond donors (Lipinski definition) is 2. The van der Waals surface area contributed by atoms with Gasteiger partial charge in [-0.2, -0.15) is 0 Å². The van der Waals surface area contributed by atoms with Crippen LogP contribution in [-0.2, 0) is 0 Å². The maximum atomic E-state index is 3.28. The lowest BCUT2D eigenvalue weighted by Gasteiger charge is -2.25. The number of H-pyrrole nitrogens is 1. The molecule has 2 aromatic carbocycles. The van der Waals surface area contributed by atoms with Gasteiger partial charge in [-0.25, -0.2) is 0 Å². The first-order valence-electron chi connectivity index (χ1n) is 6.93. The number of anilines is 2. The molecule has 0 unspecified atom stereocenters. The fourth-order valence-corrected chi connectivity index (χ4v) is 2.52. The molecule has 0 saturated carbocycles. The second kappa shape index (κ2) is 5.80. The molecule has 1 aromatic heterocycles. The van der Waals surface area contributed by atoms with Crippen LogP contribution in [0, 0.1) is 0 Å². The smallest absolute Gasteiger partial charge is 0.0506 e. The molecule has 20 heavy (non-hydrogen) atoms. The van der Waals surface area contributed by atoms with Gasteiger partial charge in [-0.05, 0) is 37.4 Å². The van der Waals surface area contributed by atoms with Crippen molar-refractivity contribution in [2.45, 2.75) is 0 Å². The first kappa shape index (κ1) is 12.8. The molecule has 0 aliphatic heterocycles. The van der Waals surface area contributed by atoms with Crippen molar-refractivity contribution >= 4 is 22.3 Å². The third-order valence-corrected chi connectivity index (χ3v) is 3.52. The molecule has 0 radical (unpaired) electrons. The first-order chi connectivity index (χ1) is 9.90. The highest BCUT2D eigenvalue weighted by Gasteiger charge is 2.11. The topological polar surface area (TPSA) is 31.1 Å². The van der Waals surface area contributed by atoms with Gasteiger partial charge in [0.1, 0.15) is 0 Å². The monoisotopic (exact) mass is 265 g/mol. The molecule has 0 amide bonds. The summed E-state index contributed by atoms with van der Waals surface area (Å²) in [6.07, 6.45) is 2.00. The van der Waals surface area contributed by atoms with Crippen molar-refractivity contribution < 1.29 is 0 Å². The van der Waals surface area contributed by atoms with Gasteiger partial charge in [-0.3, -0.25) is 0 Å². The maximum absolute atomic E-state index is 3.28. The molecule has 102 valence electrons. The number of aromatic amines is 1. The van der Waals surface area contributed by atoms with Crippen LogP contribution in [0.25, 0.3) is 10.9 Å². The summed E-state index contributed by atoms with van der Waals surface area (Å²) < 4.78 is 0. The lowest BCUT2D eigenvalue weighted by molar-refractivity contribution is 0.785. The summed E-state index contributed by atoms with van der Waals surface area (Å²) in [4.78, 5) is 5.63. The lowest BCUT2D eigenvalue weighted by atomic mass is 10.1. The second-order valence-electron chi connectivity index (χ2n) is 4.81. The zero-order chi connectivity index (χ0) is 13.8. The van der Waals surface area contributed by atoms with E-state index in [1.165, 1.54) is 22.3 Å². The van der Waals surface area contributed by atoms with Gasteiger partial charge in [0.05, 0.1) is 5.69 Å². The van der Waals surface area contributed by atoms with Crippen LogP contribution >= 0.6 is 0 Å². The predicted molar refractivity (Wildman–Crippen MR) is 85.7 cm³/mol. The molecule has 0 bridgehead atoms. The third kappa shape index (κ3) is 2.40. The van der Waals surface area contributed by atoms with Crippen LogP contribution in [0.3, 0.4) is 0 Å². The maximum Gasteiger partial charge on any atom is 0.0506 e. The van der Waals surface area contributed by atoms with Crippen LogP contribution < -0.4 is 10.2 Å². The number of para-hydroxylation sites is 1. The molecule has 1 heterocycles. The summed E-state index contributed by atoms with van der Waals surface area (Å²) in [6, 6.07) is 19.1. The van der Waals surface area contributed by atoms with Gasteiger partial charge in [0.15, 0.2) is 0 Å². The van der Waals surface area contributed by atoms with Gasteiger partial charge < -0.3 is 15.2 Å². The van der Waals surface area contributed by atoms with E-state index in [2.05, 4.69) is 69.8 Å². The van der Waals surface area contributed by atoms with E-state index in [1.54, 1.807) is 0 Å². The molecule has 3 nitrogen and oxygen atoms in total. The SMILES string of the molecule is CNCCN(c1ccccc1)c1cccc2[nH]ccc12. The van der Waals surface area contributed by atoms with Gasteiger partial charge >= 0.3 is 0 Å². The predicted octanol–water partition coefficient (Wildman–Crippen LogP) is 3.53. The number of hydrogen-bond acceptors (Lipinski definition) is 2. The molecule has 0 saturated heterocycles. The first-order valence-corrected chi connectivity index (χ1v) is 6.93. The molecular weight excluding hydrogens is 246 g/mol. The van der Waals surface area contributed by atoms with Crippen molar-refractivity contribution in [1.82, 2.24) is 10.3 Å². The van der Waals surface area contributed by atoms with Gasteiger partial charge in [0.25, 0.3) is 0 Å². The van der Waals surface area contributed by atoms with Crippen LogP contribution in [0.15, 0.2) is 60.8 Å². The van der Waals surface area contributed by atoms with Crippen LogP contribution in [-0.4, -0.2) is 25.1 Å². The van der Waals surface area contributed by atoms with Crippen molar-refractivity contribution in [2.75, 3.05) is 25.0 Å². The Kier molecular flexibility index (Phi) is 3.70. The summed E-state index contributed by atoms with van der Waals surface area (Å²) in [7, 11) is 1.99. The molecule has 3 heteroatoms. The Labute approximate surface area is 119 Å². The van der Waals surface area contributed by atoms with Gasteiger partial charge in [0.2, 0.25) is 0 Å². The molecule has 2 N–H and O–H groups in total. The minimum Gasteiger partial charge on any atom is -0.361 e. The van der Waals surface area contributed by atoms with Crippen LogP contribution in [0.4, 0.5) is 11.4 Å². The van der Waals surface area contributed by atoms with E-state index in [1.807, 2.05) is 13.2 Å². The summed E-state index contributed by atoms with van der Waals surface area (Å²) in [5.41, 5.74) is 3.63. The van der Waals surface area contributed by atoms with Crippen molar-refractivity contribution in [1.29, 1.82) is 0 Å². The van der Waals surface area contributed by atoms with E-state index in [-0.39, 0.29) is 0 Å². The van der Waals surface area contributed by atoms with E-state index in [0.29, 0.717) is 0 Å². The zero-order valence-electron chi connectivity index (χ0n) is 11.6. The van der Waals surface area contributed by atoms with Crippen molar-refractivity contribution in [2.24, 2.45) is 0 Å². The standard InChI is InChI=1S/C17H19N3/c1-18-12-13-20(14-6-3-2-4-7-14)17-9-5-8-16-15(17)10-11-19-16/h2-11,18-19H,12-13H2,1H3. The Hall–Kier alpha value is -2.26. The number of nitrogens with zero attached hydrogens (tertiary/aromatic N) is 1. The van der Waals surface area contributed by atoms with Crippen molar-refractivity contribution in [3.63, 3.8) is 0 Å². The Morgan fingerprint density at radius 1 is 1.00 bits per heavy atom. The summed E-state index contributed by atoms with van der Waals surface area (Å²) in [6.45, 7) is 1.88. The van der Waals surface area contributed by atoms with Crippen LogP contribution in [0.1, 0.15) is 0 Å². The third-order valence-electron chi connectivity index (χ3n) is 3.52. The van der Waals surface area contributed by atoms with E-state index in [0.717, 1.165) is 13.1 Å². The zero-order valence-corrected chi connectivity index (χ0v) is 11.6. The quantitative estimate of drug-likeness (QED) is 0.739. The Balaban J connectivity index is 2.07. The van der Waals surface area contributed by atoms with E-state index >= 15 is 0 Å². The highest BCUT2D eigenvalue weighted by atomic mass is 15.1. The molecule has 0 spiro atoms. The average Bonchev–Trinajstić information content (AvgIpc) is 2.98. The van der Waals surface area contributed by atoms with Crippen molar-refractivity contribution in [3.8, 4) is 0 Å². The molecular formula is C17H19N3. The number of rotatable bonds is 5.